The van der Waals surface area contributed by atoms with E-state index in [0.717, 1.165) is 18.9 Å². The first-order valence-corrected chi connectivity index (χ1v) is 4.85. The van der Waals surface area contributed by atoms with Gasteiger partial charge in [-0.15, -0.1) is 0 Å². The van der Waals surface area contributed by atoms with E-state index >= 15 is 0 Å². The number of aromatic nitrogens is 2. The second-order valence-electron chi connectivity index (χ2n) is 3.61. The van der Waals surface area contributed by atoms with E-state index in [2.05, 4.69) is 15.3 Å². The fourth-order valence-electron chi connectivity index (χ4n) is 1.75. The highest BCUT2D eigenvalue weighted by molar-refractivity contribution is 5.12. The van der Waals surface area contributed by atoms with E-state index in [-0.39, 0.29) is 0 Å². The summed E-state index contributed by atoms with van der Waals surface area (Å²) in [5, 5.41) is 3.39. The Morgan fingerprint density at radius 3 is 2.77 bits per heavy atom. The Labute approximate surface area is 78.6 Å². The predicted molar refractivity (Wildman–Crippen MR) is 51.6 cm³/mol. The van der Waals surface area contributed by atoms with Crippen LogP contribution in [0.5, 0.6) is 0 Å². The highest BCUT2D eigenvalue weighted by atomic mass is 14.9. The van der Waals surface area contributed by atoms with Crippen LogP contribution in [0, 0.1) is 6.92 Å². The van der Waals surface area contributed by atoms with Crippen molar-refractivity contribution in [3.63, 3.8) is 0 Å². The normalized spacial score (nSPS) is 23.0. The van der Waals surface area contributed by atoms with Gasteiger partial charge in [0, 0.05) is 18.9 Å². The molecule has 1 aromatic rings. The quantitative estimate of drug-likeness (QED) is 0.701. The maximum atomic E-state index is 4.22. The maximum Gasteiger partial charge on any atom is 0.125 e. The predicted octanol–water partition coefficient (Wildman–Crippen LogP) is 1.25. The fourth-order valence-corrected chi connectivity index (χ4v) is 1.75. The molecule has 1 saturated heterocycles. The summed E-state index contributed by atoms with van der Waals surface area (Å²) in [7, 11) is 0. The van der Waals surface area contributed by atoms with Crippen molar-refractivity contribution in [1.29, 1.82) is 0 Å². The zero-order chi connectivity index (χ0) is 9.10. The average Bonchev–Trinajstić information content (AvgIpc) is 2.20. The zero-order valence-corrected chi connectivity index (χ0v) is 7.95. The summed E-state index contributed by atoms with van der Waals surface area (Å²) < 4.78 is 0. The molecule has 1 N–H and O–H groups in total. The lowest BCUT2D eigenvalue weighted by Gasteiger charge is -2.22. The standard InChI is InChI=1S/C10H15N3/c1-8-12-6-10(7-13-8)9-3-2-4-11-5-9/h6-7,9,11H,2-5H2,1H3. The van der Waals surface area contributed by atoms with E-state index in [4.69, 9.17) is 0 Å². The summed E-state index contributed by atoms with van der Waals surface area (Å²) >= 11 is 0. The van der Waals surface area contributed by atoms with Crippen molar-refractivity contribution in [2.24, 2.45) is 0 Å². The summed E-state index contributed by atoms with van der Waals surface area (Å²) in [5.74, 6) is 1.47. The van der Waals surface area contributed by atoms with Crippen molar-refractivity contribution in [2.45, 2.75) is 25.7 Å². The summed E-state index contributed by atoms with van der Waals surface area (Å²) in [6.45, 7) is 4.15. The van der Waals surface area contributed by atoms with E-state index < -0.39 is 0 Å². The van der Waals surface area contributed by atoms with Crippen LogP contribution in [-0.4, -0.2) is 23.1 Å². The van der Waals surface area contributed by atoms with Crippen molar-refractivity contribution in [1.82, 2.24) is 15.3 Å². The van der Waals surface area contributed by atoms with Crippen LogP contribution in [0.1, 0.15) is 30.1 Å². The first-order chi connectivity index (χ1) is 6.36. The molecule has 2 rings (SSSR count). The van der Waals surface area contributed by atoms with Gasteiger partial charge in [-0.05, 0) is 37.8 Å². The highest BCUT2D eigenvalue weighted by Crippen LogP contribution is 2.21. The second kappa shape index (κ2) is 3.83. The monoisotopic (exact) mass is 177 g/mol. The molecule has 1 unspecified atom stereocenters. The van der Waals surface area contributed by atoms with Gasteiger partial charge in [-0.2, -0.15) is 0 Å². The third-order valence-corrected chi connectivity index (χ3v) is 2.57. The van der Waals surface area contributed by atoms with Gasteiger partial charge in [0.2, 0.25) is 0 Å². The second-order valence-corrected chi connectivity index (χ2v) is 3.61. The van der Waals surface area contributed by atoms with Gasteiger partial charge in [0.1, 0.15) is 5.82 Å². The molecule has 0 saturated carbocycles. The molecule has 1 aliphatic rings. The third-order valence-electron chi connectivity index (χ3n) is 2.57. The van der Waals surface area contributed by atoms with E-state index in [1.807, 2.05) is 19.3 Å². The number of nitrogens with zero attached hydrogens (tertiary/aromatic N) is 2. The molecule has 70 valence electrons. The minimum absolute atomic E-state index is 0.620. The fraction of sp³-hybridized carbons (Fsp3) is 0.600. The molecule has 0 aromatic carbocycles. The number of piperidine rings is 1. The smallest absolute Gasteiger partial charge is 0.125 e. The molecule has 0 bridgehead atoms. The molecular formula is C10H15N3. The van der Waals surface area contributed by atoms with Crippen LogP contribution in [0.25, 0.3) is 0 Å². The Kier molecular flexibility index (Phi) is 2.54. The SMILES string of the molecule is Cc1ncc(C2CCCNC2)cn1. The zero-order valence-electron chi connectivity index (χ0n) is 7.95. The number of rotatable bonds is 1. The Bertz CT molecular complexity index is 262. The van der Waals surface area contributed by atoms with Gasteiger partial charge in [0.15, 0.2) is 0 Å². The van der Waals surface area contributed by atoms with Crippen LogP contribution < -0.4 is 5.32 Å². The van der Waals surface area contributed by atoms with Crippen LogP contribution >= 0.6 is 0 Å². The average molecular weight is 177 g/mol. The van der Waals surface area contributed by atoms with Crippen LogP contribution in [-0.2, 0) is 0 Å². The molecule has 0 aliphatic carbocycles. The van der Waals surface area contributed by atoms with E-state index in [1.165, 1.54) is 18.4 Å². The third kappa shape index (κ3) is 2.04. The van der Waals surface area contributed by atoms with Gasteiger partial charge in [0.05, 0.1) is 0 Å². The van der Waals surface area contributed by atoms with Crippen LogP contribution in [0.15, 0.2) is 12.4 Å². The molecule has 3 heteroatoms. The highest BCUT2D eigenvalue weighted by Gasteiger charge is 2.15. The number of nitrogens with one attached hydrogen (secondary N) is 1. The van der Waals surface area contributed by atoms with Crippen molar-refractivity contribution in [3.05, 3.63) is 23.8 Å². The summed E-state index contributed by atoms with van der Waals surface area (Å²) in [6.07, 6.45) is 6.44. The lowest BCUT2D eigenvalue weighted by molar-refractivity contribution is 0.460. The molecule has 1 aromatic heterocycles. The van der Waals surface area contributed by atoms with E-state index in [9.17, 15) is 0 Å². The van der Waals surface area contributed by atoms with Crippen LogP contribution in [0.3, 0.4) is 0 Å². The van der Waals surface area contributed by atoms with Crippen molar-refractivity contribution < 1.29 is 0 Å². The topological polar surface area (TPSA) is 37.8 Å². The van der Waals surface area contributed by atoms with E-state index in [0.29, 0.717) is 5.92 Å². The lowest BCUT2D eigenvalue weighted by atomic mass is 9.94. The van der Waals surface area contributed by atoms with Crippen molar-refractivity contribution in [2.75, 3.05) is 13.1 Å². The van der Waals surface area contributed by atoms with Gasteiger partial charge in [0.25, 0.3) is 0 Å². The van der Waals surface area contributed by atoms with Crippen molar-refractivity contribution >= 4 is 0 Å². The number of hydrogen-bond acceptors (Lipinski definition) is 3. The summed E-state index contributed by atoms with van der Waals surface area (Å²) in [5.41, 5.74) is 1.28. The Morgan fingerprint density at radius 1 is 1.38 bits per heavy atom. The number of hydrogen-bond donors (Lipinski definition) is 1. The summed E-state index contributed by atoms with van der Waals surface area (Å²) in [4.78, 5) is 8.43. The number of aryl methyl sites for hydroxylation is 1. The Morgan fingerprint density at radius 2 is 2.15 bits per heavy atom. The molecule has 3 nitrogen and oxygen atoms in total. The van der Waals surface area contributed by atoms with Crippen molar-refractivity contribution in [3.8, 4) is 0 Å². The van der Waals surface area contributed by atoms with Crippen LogP contribution in [0.2, 0.25) is 0 Å². The van der Waals surface area contributed by atoms with E-state index in [1.54, 1.807) is 0 Å². The molecule has 0 spiro atoms. The molecule has 1 aliphatic heterocycles. The molecule has 1 fully saturated rings. The first kappa shape index (κ1) is 8.63. The van der Waals surface area contributed by atoms with Gasteiger partial charge < -0.3 is 5.32 Å². The maximum absolute atomic E-state index is 4.22. The molecular weight excluding hydrogens is 162 g/mol. The molecule has 13 heavy (non-hydrogen) atoms. The molecule has 0 radical (unpaired) electrons. The van der Waals surface area contributed by atoms with Crippen LogP contribution in [0.4, 0.5) is 0 Å². The molecule has 0 amide bonds. The summed E-state index contributed by atoms with van der Waals surface area (Å²) in [6, 6.07) is 0. The minimum Gasteiger partial charge on any atom is -0.316 e. The Balaban J connectivity index is 2.10. The Hall–Kier alpha value is -0.960. The van der Waals surface area contributed by atoms with Gasteiger partial charge >= 0.3 is 0 Å². The van der Waals surface area contributed by atoms with Gasteiger partial charge in [-0.1, -0.05) is 0 Å². The first-order valence-electron chi connectivity index (χ1n) is 4.85. The lowest BCUT2D eigenvalue weighted by Crippen LogP contribution is -2.28. The molecule has 2 heterocycles. The molecule has 1 atom stereocenters. The minimum atomic E-state index is 0.620. The largest absolute Gasteiger partial charge is 0.316 e. The van der Waals surface area contributed by atoms with Gasteiger partial charge in [-0.25, -0.2) is 9.97 Å². The van der Waals surface area contributed by atoms with Gasteiger partial charge in [-0.3, -0.25) is 0 Å².